The van der Waals surface area contributed by atoms with Crippen LogP contribution in [0.2, 0.25) is 0 Å². The zero-order valence-corrected chi connectivity index (χ0v) is 16.5. The number of aromatic hydroxyl groups is 1. The van der Waals surface area contributed by atoms with Gasteiger partial charge in [-0.3, -0.25) is 4.79 Å². The highest BCUT2D eigenvalue weighted by molar-refractivity contribution is 7.92. The molecule has 0 aromatic heterocycles. The fourth-order valence-electron chi connectivity index (χ4n) is 3.26. The zero-order valence-electron chi connectivity index (χ0n) is 15.7. The fourth-order valence-corrected chi connectivity index (χ4v) is 4.43. The Morgan fingerprint density at radius 3 is 2.61 bits per heavy atom. The number of phenolic OH excluding ortho intramolecular Hbond substituents is 1. The molecule has 1 saturated heterocycles. The highest BCUT2D eigenvalue weighted by Crippen LogP contribution is 2.38. The summed E-state index contributed by atoms with van der Waals surface area (Å²) in [6.07, 6.45) is 2.26. The van der Waals surface area contributed by atoms with Crippen LogP contribution in [-0.4, -0.2) is 37.7 Å². The SMILES string of the molecule is CC(C)(CO)CCCc1ccc2cc(O)c(N3CC(=O)NS3(=O)=O)c(F)c2c1. The molecule has 1 aliphatic heterocycles. The third-order valence-electron chi connectivity index (χ3n) is 4.91. The van der Waals surface area contributed by atoms with Crippen LogP contribution in [0.3, 0.4) is 0 Å². The first-order chi connectivity index (χ1) is 13.0. The molecular formula is C19H23FN2O5S. The molecule has 0 atom stereocenters. The second kappa shape index (κ2) is 7.21. The minimum absolute atomic E-state index is 0.0824. The van der Waals surface area contributed by atoms with Gasteiger partial charge in [-0.2, -0.15) is 8.42 Å². The van der Waals surface area contributed by atoms with Crippen molar-refractivity contribution in [3.8, 4) is 5.75 Å². The maximum absolute atomic E-state index is 15.2. The number of halogens is 1. The Hall–Kier alpha value is -2.39. The summed E-state index contributed by atoms with van der Waals surface area (Å²) in [4.78, 5) is 11.5. The highest BCUT2D eigenvalue weighted by Gasteiger charge is 2.37. The van der Waals surface area contributed by atoms with E-state index in [-0.39, 0.29) is 17.4 Å². The van der Waals surface area contributed by atoms with Crippen molar-refractivity contribution in [1.29, 1.82) is 0 Å². The smallest absolute Gasteiger partial charge is 0.326 e. The lowest BCUT2D eigenvalue weighted by molar-refractivity contribution is -0.117. The number of rotatable bonds is 6. The number of amides is 1. The van der Waals surface area contributed by atoms with Crippen molar-refractivity contribution in [1.82, 2.24) is 4.72 Å². The van der Waals surface area contributed by atoms with E-state index in [2.05, 4.69) is 0 Å². The van der Waals surface area contributed by atoms with Crippen LogP contribution in [0.25, 0.3) is 10.8 Å². The van der Waals surface area contributed by atoms with E-state index in [1.54, 1.807) is 16.9 Å². The lowest BCUT2D eigenvalue weighted by Crippen LogP contribution is -2.30. The molecule has 1 fully saturated rings. The molecule has 3 N–H and O–H groups in total. The highest BCUT2D eigenvalue weighted by atomic mass is 32.2. The van der Waals surface area contributed by atoms with Gasteiger partial charge in [0.2, 0.25) is 0 Å². The number of carbonyl (C=O) groups is 1. The number of fused-ring (bicyclic) bond motifs is 1. The minimum Gasteiger partial charge on any atom is -0.506 e. The second-order valence-electron chi connectivity index (χ2n) is 7.83. The van der Waals surface area contributed by atoms with Gasteiger partial charge in [-0.1, -0.05) is 26.0 Å². The Morgan fingerprint density at radius 2 is 2.00 bits per heavy atom. The summed E-state index contributed by atoms with van der Waals surface area (Å²) in [6.45, 7) is 3.43. The summed E-state index contributed by atoms with van der Waals surface area (Å²) in [5, 5.41) is 20.1. The molecular weight excluding hydrogens is 387 g/mol. The van der Waals surface area contributed by atoms with E-state index in [0.29, 0.717) is 16.1 Å². The molecule has 3 rings (SSSR count). The summed E-state index contributed by atoms with van der Waals surface area (Å²) in [5.74, 6) is -2.24. The number of aliphatic hydroxyl groups excluding tert-OH is 1. The molecule has 0 spiro atoms. The van der Waals surface area contributed by atoms with Gasteiger partial charge in [-0.25, -0.2) is 13.4 Å². The molecule has 0 radical (unpaired) electrons. The van der Waals surface area contributed by atoms with Crippen molar-refractivity contribution in [3.05, 3.63) is 35.6 Å². The first-order valence-electron chi connectivity index (χ1n) is 8.92. The molecule has 7 nitrogen and oxygen atoms in total. The number of hydrogen-bond acceptors (Lipinski definition) is 5. The molecule has 152 valence electrons. The van der Waals surface area contributed by atoms with Crippen LogP contribution in [0, 0.1) is 11.2 Å². The fraction of sp³-hybridized carbons (Fsp3) is 0.421. The molecule has 2 aromatic rings. The summed E-state index contributed by atoms with van der Waals surface area (Å²) < 4.78 is 41.5. The first-order valence-corrected chi connectivity index (χ1v) is 10.4. The van der Waals surface area contributed by atoms with Crippen LogP contribution in [0.15, 0.2) is 24.3 Å². The van der Waals surface area contributed by atoms with Gasteiger partial charge in [0.15, 0.2) is 5.82 Å². The van der Waals surface area contributed by atoms with E-state index in [0.717, 1.165) is 18.4 Å². The maximum atomic E-state index is 15.2. The number of carbonyl (C=O) groups excluding carboxylic acids is 1. The predicted molar refractivity (Wildman–Crippen MR) is 104 cm³/mol. The van der Waals surface area contributed by atoms with Gasteiger partial charge in [-0.05, 0) is 47.8 Å². The number of nitrogens with zero attached hydrogens (tertiary/aromatic N) is 1. The molecule has 0 bridgehead atoms. The predicted octanol–water partition coefficient (Wildman–Crippen LogP) is 2.21. The molecule has 1 heterocycles. The Kier molecular flexibility index (Phi) is 5.24. The van der Waals surface area contributed by atoms with E-state index in [1.165, 1.54) is 6.07 Å². The van der Waals surface area contributed by atoms with Crippen LogP contribution in [0.5, 0.6) is 5.75 Å². The van der Waals surface area contributed by atoms with Crippen LogP contribution in [-0.2, 0) is 21.4 Å². The number of hydrogen-bond donors (Lipinski definition) is 3. The average molecular weight is 410 g/mol. The Morgan fingerprint density at radius 1 is 1.29 bits per heavy atom. The molecule has 2 aromatic carbocycles. The largest absolute Gasteiger partial charge is 0.506 e. The molecule has 0 saturated carbocycles. The van der Waals surface area contributed by atoms with Gasteiger partial charge in [0, 0.05) is 12.0 Å². The topological polar surface area (TPSA) is 107 Å². The van der Waals surface area contributed by atoms with Crippen molar-refractivity contribution in [2.24, 2.45) is 5.41 Å². The van der Waals surface area contributed by atoms with Gasteiger partial charge in [-0.15, -0.1) is 0 Å². The summed E-state index contributed by atoms with van der Waals surface area (Å²) >= 11 is 0. The van der Waals surface area contributed by atoms with Gasteiger partial charge in [0.05, 0.1) is 0 Å². The van der Waals surface area contributed by atoms with Crippen molar-refractivity contribution in [2.45, 2.75) is 33.1 Å². The van der Waals surface area contributed by atoms with E-state index >= 15 is 4.39 Å². The summed E-state index contributed by atoms with van der Waals surface area (Å²) in [5.41, 5.74) is 0.129. The average Bonchev–Trinajstić information content (AvgIpc) is 2.87. The van der Waals surface area contributed by atoms with E-state index in [9.17, 15) is 23.4 Å². The number of anilines is 1. The first kappa shape index (κ1) is 20.3. The van der Waals surface area contributed by atoms with Crippen molar-refractivity contribution in [2.75, 3.05) is 17.5 Å². The van der Waals surface area contributed by atoms with Gasteiger partial charge >= 0.3 is 10.2 Å². The van der Waals surface area contributed by atoms with Crippen LogP contribution in [0.1, 0.15) is 32.3 Å². The Balaban J connectivity index is 1.96. The van der Waals surface area contributed by atoms with E-state index < -0.39 is 39.9 Å². The van der Waals surface area contributed by atoms with Crippen molar-refractivity contribution < 1.29 is 27.8 Å². The minimum atomic E-state index is -4.24. The molecule has 1 aliphatic rings. The maximum Gasteiger partial charge on any atom is 0.326 e. The quantitative estimate of drug-likeness (QED) is 0.677. The number of phenols is 1. The lowest BCUT2D eigenvalue weighted by atomic mass is 9.87. The standard InChI is InChI=1S/C19H23FN2O5S/c1-19(2,11-23)7-3-4-12-5-6-13-9-15(24)18(17(20)14(13)8-12)22-10-16(25)21-28(22,26)27/h5-6,8-9,23-24H,3-4,7,10-11H2,1-2H3,(H,21,25). The third-order valence-corrected chi connectivity index (χ3v) is 6.29. The van der Waals surface area contributed by atoms with Crippen molar-refractivity contribution >= 4 is 32.6 Å². The number of nitrogens with one attached hydrogen (secondary N) is 1. The van der Waals surface area contributed by atoms with Crippen molar-refractivity contribution in [3.63, 3.8) is 0 Å². The summed E-state index contributed by atoms with van der Waals surface area (Å²) in [6, 6.07) is 6.39. The number of benzene rings is 2. The number of aliphatic hydroxyl groups is 1. The molecule has 0 aliphatic carbocycles. The van der Waals surface area contributed by atoms with Crippen LogP contribution >= 0.6 is 0 Å². The molecule has 0 unspecified atom stereocenters. The Labute approximate surface area is 163 Å². The molecule has 1 amide bonds. The van der Waals surface area contributed by atoms with E-state index in [1.807, 2.05) is 19.9 Å². The van der Waals surface area contributed by atoms with Crippen LogP contribution < -0.4 is 9.03 Å². The molecule has 9 heteroatoms. The van der Waals surface area contributed by atoms with Gasteiger partial charge < -0.3 is 10.2 Å². The lowest BCUT2D eigenvalue weighted by Gasteiger charge is -2.21. The monoisotopic (exact) mass is 410 g/mol. The molecule has 28 heavy (non-hydrogen) atoms. The third kappa shape index (κ3) is 3.90. The van der Waals surface area contributed by atoms with Gasteiger partial charge in [0.25, 0.3) is 5.91 Å². The number of aryl methyl sites for hydroxylation is 1. The van der Waals surface area contributed by atoms with E-state index in [4.69, 9.17) is 0 Å². The summed E-state index contributed by atoms with van der Waals surface area (Å²) in [7, 11) is -4.24. The Bertz CT molecular complexity index is 1040. The second-order valence-corrected chi connectivity index (χ2v) is 9.42. The van der Waals surface area contributed by atoms with Crippen LogP contribution in [0.4, 0.5) is 10.1 Å². The zero-order chi connectivity index (χ0) is 20.7. The normalized spacial score (nSPS) is 16.6. The van der Waals surface area contributed by atoms with Gasteiger partial charge in [0.1, 0.15) is 18.0 Å².